The fourth-order valence-corrected chi connectivity index (χ4v) is 2.74. The van der Waals surface area contributed by atoms with Crippen LogP contribution in [-0.4, -0.2) is 26.1 Å². The average Bonchev–Trinajstić information content (AvgIpc) is 3.35. The number of esters is 1. The van der Waals surface area contributed by atoms with Crippen LogP contribution < -0.4 is 19.5 Å². The topological polar surface area (TPSA) is 111 Å². The van der Waals surface area contributed by atoms with Crippen molar-refractivity contribution in [3.63, 3.8) is 0 Å². The van der Waals surface area contributed by atoms with E-state index in [0.29, 0.717) is 22.6 Å². The number of carbonyl (C=O) groups excluding carboxylic acids is 2. The summed E-state index contributed by atoms with van der Waals surface area (Å²) < 4.78 is 21.0. The van der Waals surface area contributed by atoms with Crippen LogP contribution in [0.25, 0.3) is 6.08 Å². The standard InChI is InChI=1S/C24H20N2O6/c1-29-19-8-6-17(7-9-19)24(28)32-21-10-5-16(13-22(21)30-2)12-18(14-25)23(27)26-15-20-4-3-11-31-20/h3-13H,15H2,1-2H3,(H,26,27). The molecule has 0 radical (unpaired) electrons. The van der Waals surface area contributed by atoms with E-state index in [4.69, 9.17) is 18.6 Å². The number of benzene rings is 2. The van der Waals surface area contributed by atoms with E-state index >= 15 is 0 Å². The van der Waals surface area contributed by atoms with Gasteiger partial charge >= 0.3 is 5.97 Å². The first-order valence-corrected chi connectivity index (χ1v) is 9.50. The van der Waals surface area contributed by atoms with Crippen LogP contribution in [0.3, 0.4) is 0 Å². The molecule has 0 saturated heterocycles. The molecular formula is C24H20N2O6. The second kappa shape index (κ2) is 10.5. The number of methoxy groups -OCH3 is 2. The third kappa shape index (κ3) is 5.55. The molecule has 32 heavy (non-hydrogen) atoms. The summed E-state index contributed by atoms with van der Waals surface area (Å²) in [6, 6.07) is 16.5. The van der Waals surface area contributed by atoms with Gasteiger partial charge in [-0.05, 0) is 60.2 Å². The number of amides is 1. The molecule has 8 nitrogen and oxygen atoms in total. The molecule has 1 amide bonds. The molecule has 1 aromatic heterocycles. The summed E-state index contributed by atoms with van der Waals surface area (Å²) in [5.74, 6) is 0.555. The van der Waals surface area contributed by atoms with Gasteiger partial charge in [0.2, 0.25) is 0 Å². The summed E-state index contributed by atoms with van der Waals surface area (Å²) in [4.78, 5) is 24.7. The van der Waals surface area contributed by atoms with Crippen molar-refractivity contribution in [3.8, 4) is 23.3 Å². The maximum absolute atomic E-state index is 12.4. The van der Waals surface area contributed by atoms with Gasteiger partial charge in [-0.2, -0.15) is 5.26 Å². The number of furan rings is 1. The summed E-state index contributed by atoms with van der Waals surface area (Å²) in [6.07, 6.45) is 2.91. The normalized spacial score (nSPS) is 10.7. The fourth-order valence-electron chi connectivity index (χ4n) is 2.74. The van der Waals surface area contributed by atoms with E-state index in [9.17, 15) is 14.9 Å². The second-order valence-electron chi connectivity index (χ2n) is 6.46. The molecule has 1 N–H and O–H groups in total. The Balaban J connectivity index is 1.73. The van der Waals surface area contributed by atoms with Crippen molar-refractivity contribution in [3.05, 3.63) is 83.3 Å². The van der Waals surface area contributed by atoms with E-state index < -0.39 is 11.9 Å². The molecule has 162 valence electrons. The first kappa shape index (κ1) is 22.2. The zero-order valence-electron chi connectivity index (χ0n) is 17.5. The van der Waals surface area contributed by atoms with Crippen molar-refractivity contribution in [1.29, 1.82) is 5.26 Å². The van der Waals surface area contributed by atoms with Crippen LogP contribution in [0.2, 0.25) is 0 Å². The SMILES string of the molecule is COc1ccc(C(=O)Oc2ccc(C=C(C#N)C(=O)NCc3ccco3)cc2OC)cc1. The van der Waals surface area contributed by atoms with E-state index in [1.54, 1.807) is 48.5 Å². The molecule has 3 aromatic rings. The Hall–Kier alpha value is -4.51. The van der Waals surface area contributed by atoms with Crippen LogP contribution in [0.15, 0.2) is 70.9 Å². The lowest BCUT2D eigenvalue weighted by Gasteiger charge is -2.10. The number of carbonyl (C=O) groups is 2. The maximum Gasteiger partial charge on any atom is 0.343 e. The Morgan fingerprint density at radius 3 is 2.47 bits per heavy atom. The lowest BCUT2D eigenvalue weighted by atomic mass is 10.1. The first-order valence-electron chi connectivity index (χ1n) is 9.50. The quantitative estimate of drug-likeness (QED) is 0.250. The predicted octanol–water partition coefficient (Wildman–Crippen LogP) is 3.74. The predicted molar refractivity (Wildman–Crippen MR) is 115 cm³/mol. The van der Waals surface area contributed by atoms with Crippen molar-refractivity contribution in [2.24, 2.45) is 0 Å². The van der Waals surface area contributed by atoms with Crippen LogP contribution in [-0.2, 0) is 11.3 Å². The van der Waals surface area contributed by atoms with Gasteiger partial charge in [0.05, 0.1) is 32.6 Å². The van der Waals surface area contributed by atoms with Crippen molar-refractivity contribution >= 4 is 18.0 Å². The third-order valence-corrected chi connectivity index (χ3v) is 4.40. The van der Waals surface area contributed by atoms with Gasteiger partial charge in [0, 0.05) is 0 Å². The minimum atomic E-state index is -0.565. The molecule has 0 bridgehead atoms. The van der Waals surface area contributed by atoms with Crippen LogP contribution >= 0.6 is 0 Å². The number of nitrogens with zero attached hydrogens (tertiary/aromatic N) is 1. The monoisotopic (exact) mass is 432 g/mol. The molecule has 0 fully saturated rings. The Morgan fingerprint density at radius 1 is 1.06 bits per heavy atom. The lowest BCUT2D eigenvalue weighted by molar-refractivity contribution is -0.117. The fraction of sp³-hybridized carbons (Fsp3) is 0.125. The highest BCUT2D eigenvalue weighted by Gasteiger charge is 2.14. The summed E-state index contributed by atoms with van der Waals surface area (Å²) in [5.41, 5.74) is 0.772. The van der Waals surface area contributed by atoms with Gasteiger partial charge in [0.1, 0.15) is 23.2 Å². The van der Waals surface area contributed by atoms with E-state index in [0.717, 1.165) is 0 Å². The largest absolute Gasteiger partial charge is 0.497 e. The van der Waals surface area contributed by atoms with Gasteiger partial charge in [-0.15, -0.1) is 0 Å². The Kier molecular flexibility index (Phi) is 7.28. The summed E-state index contributed by atoms with van der Waals surface area (Å²) >= 11 is 0. The van der Waals surface area contributed by atoms with Crippen molar-refractivity contribution < 1.29 is 28.2 Å². The van der Waals surface area contributed by atoms with E-state index in [2.05, 4.69) is 5.32 Å². The summed E-state index contributed by atoms with van der Waals surface area (Å²) in [6.45, 7) is 0.161. The number of nitrogens with one attached hydrogen (secondary N) is 1. The zero-order chi connectivity index (χ0) is 22.9. The van der Waals surface area contributed by atoms with Gasteiger partial charge in [0.15, 0.2) is 11.5 Å². The van der Waals surface area contributed by atoms with Gasteiger partial charge in [-0.3, -0.25) is 4.79 Å². The highest BCUT2D eigenvalue weighted by Crippen LogP contribution is 2.30. The van der Waals surface area contributed by atoms with Crippen molar-refractivity contribution in [2.45, 2.75) is 6.54 Å². The second-order valence-corrected chi connectivity index (χ2v) is 6.46. The molecule has 8 heteroatoms. The van der Waals surface area contributed by atoms with E-state index in [1.165, 1.54) is 32.6 Å². The van der Waals surface area contributed by atoms with Crippen molar-refractivity contribution in [1.82, 2.24) is 5.32 Å². The number of nitriles is 1. The van der Waals surface area contributed by atoms with Crippen LogP contribution in [0.1, 0.15) is 21.7 Å². The molecule has 3 rings (SSSR count). The molecule has 0 spiro atoms. The number of ether oxygens (including phenoxy) is 3. The average molecular weight is 432 g/mol. The van der Waals surface area contributed by atoms with Gasteiger partial charge in [-0.25, -0.2) is 4.79 Å². The zero-order valence-corrected chi connectivity index (χ0v) is 17.5. The van der Waals surface area contributed by atoms with E-state index in [1.807, 2.05) is 6.07 Å². The molecule has 1 heterocycles. The maximum atomic E-state index is 12.4. The molecule has 0 aliphatic carbocycles. The lowest BCUT2D eigenvalue weighted by Crippen LogP contribution is -2.23. The summed E-state index contributed by atoms with van der Waals surface area (Å²) in [7, 11) is 2.96. The minimum Gasteiger partial charge on any atom is -0.497 e. The van der Waals surface area contributed by atoms with Crippen molar-refractivity contribution in [2.75, 3.05) is 14.2 Å². The third-order valence-electron chi connectivity index (χ3n) is 4.40. The molecule has 0 atom stereocenters. The molecular weight excluding hydrogens is 412 g/mol. The Morgan fingerprint density at radius 2 is 1.84 bits per heavy atom. The number of rotatable bonds is 8. The van der Waals surface area contributed by atoms with Gasteiger partial charge in [-0.1, -0.05) is 6.07 Å². The minimum absolute atomic E-state index is 0.0958. The van der Waals surface area contributed by atoms with Crippen LogP contribution in [0, 0.1) is 11.3 Å². The van der Waals surface area contributed by atoms with Crippen LogP contribution in [0.5, 0.6) is 17.2 Å². The summed E-state index contributed by atoms with van der Waals surface area (Å²) in [5, 5.41) is 12.0. The van der Waals surface area contributed by atoms with E-state index in [-0.39, 0.29) is 23.6 Å². The molecule has 2 aromatic carbocycles. The number of hydrogen-bond donors (Lipinski definition) is 1. The van der Waals surface area contributed by atoms with Crippen LogP contribution in [0.4, 0.5) is 0 Å². The number of hydrogen-bond acceptors (Lipinski definition) is 7. The Bertz CT molecular complexity index is 1160. The molecule has 0 aliphatic rings. The molecule has 0 saturated carbocycles. The molecule has 0 unspecified atom stereocenters. The Labute approximate surface area is 184 Å². The van der Waals surface area contributed by atoms with Gasteiger partial charge < -0.3 is 23.9 Å². The van der Waals surface area contributed by atoms with Gasteiger partial charge in [0.25, 0.3) is 5.91 Å². The highest BCUT2D eigenvalue weighted by atomic mass is 16.6. The highest BCUT2D eigenvalue weighted by molar-refractivity contribution is 6.01. The molecule has 0 aliphatic heterocycles. The first-order chi connectivity index (χ1) is 15.5. The smallest absolute Gasteiger partial charge is 0.343 e.